The van der Waals surface area contributed by atoms with E-state index in [0.29, 0.717) is 23.8 Å². The predicted molar refractivity (Wildman–Crippen MR) is 113 cm³/mol. The molecule has 8 heteroatoms. The Morgan fingerprint density at radius 3 is 2.60 bits per heavy atom. The van der Waals surface area contributed by atoms with Crippen LogP contribution in [0.4, 0.5) is 0 Å². The fraction of sp³-hybridized carbons (Fsp3) is 0.500. The minimum absolute atomic E-state index is 0.209. The molecule has 0 spiro atoms. The first-order valence-corrected chi connectivity index (χ1v) is 11.0. The van der Waals surface area contributed by atoms with E-state index in [4.69, 9.17) is 18.9 Å². The standard InChI is InChI=1S/C22H27NO6S/c1-4-26-21(24)17-12-15(18-10-14(3)20(30-18)22(25)27-5-2)11-16(23-17)13-29-19-8-6-7-9-28-19/h10-12,19H,4-9,13H2,1-3H3. The summed E-state index contributed by atoms with van der Waals surface area (Å²) in [5.41, 5.74) is 2.42. The molecule has 0 saturated carbocycles. The molecular formula is C22H27NO6S. The van der Waals surface area contributed by atoms with E-state index in [-0.39, 0.29) is 31.2 Å². The van der Waals surface area contributed by atoms with Crippen LogP contribution < -0.4 is 0 Å². The molecule has 0 aromatic carbocycles. The molecule has 2 aromatic heterocycles. The average Bonchev–Trinajstić information content (AvgIpc) is 3.15. The fourth-order valence-corrected chi connectivity index (χ4v) is 4.21. The maximum Gasteiger partial charge on any atom is 0.356 e. The third-order valence-electron chi connectivity index (χ3n) is 4.58. The van der Waals surface area contributed by atoms with Gasteiger partial charge in [0.2, 0.25) is 0 Å². The summed E-state index contributed by atoms with van der Waals surface area (Å²) in [5, 5.41) is 0. The molecule has 3 rings (SSSR count). The number of rotatable bonds is 8. The van der Waals surface area contributed by atoms with Crippen LogP contribution in [0.15, 0.2) is 18.2 Å². The minimum Gasteiger partial charge on any atom is -0.462 e. The quantitative estimate of drug-likeness (QED) is 0.566. The highest BCUT2D eigenvalue weighted by atomic mass is 32.1. The highest BCUT2D eigenvalue weighted by Crippen LogP contribution is 2.33. The molecular weight excluding hydrogens is 406 g/mol. The van der Waals surface area contributed by atoms with Crippen molar-refractivity contribution in [2.45, 2.75) is 52.9 Å². The summed E-state index contributed by atoms with van der Waals surface area (Å²) >= 11 is 1.33. The third-order valence-corrected chi connectivity index (χ3v) is 5.85. The lowest BCUT2D eigenvalue weighted by Gasteiger charge is -2.22. The summed E-state index contributed by atoms with van der Waals surface area (Å²) in [6.45, 7) is 6.89. The summed E-state index contributed by atoms with van der Waals surface area (Å²) in [6, 6.07) is 5.46. The zero-order valence-electron chi connectivity index (χ0n) is 17.6. The van der Waals surface area contributed by atoms with E-state index in [1.807, 2.05) is 19.1 Å². The molecule has 1 aliphatic heterocycles. The van der Waals surface area contributed by atoms with E-state index < -0.39 is 5.97 Å². The molecule has 30 heavy (non-hydrogen) atoms. The first kappa shape index (κ1) is 22.4. The first-order chi connectivity index (χ1) is 14.5. The third kappa shape index (κ3) is 5.65. The van der Waals surface area contributed by atoms with Crippen LogP contribution in [0.1, 0.15) is 64.5 Å². The second-order valence-corrected chi connectivity index (χ2v) is 7.96. The summed E-state index contributed by atoms with van der Waals surface area (Å²) in [7, 11) is 0. The Balaban J connectivity index is 1.88. The lowest BCUT2D eigenvalue weighted by Crippen LogP contribution is -2.22. The maximum absolute atomic E-state index is 12.3. The lowest BCUT2D eigenvalue weighted by molar-refractivity contribution is -0.169. The molecule has 1 fully saturated rings. The Morgan fingerprint density at radius 1 is 1.13 bits per heavy atom. The lowest BCUT2D eigenvalue weighted by atomic mass is 10.1. The van der Waals surface area contributed by atoms with Crippen molar-refractivity contribution in [1.29, 1.82) is 0 Å². The molecule has 3 heterocycles. The average molecular weight is 434 g/mol. The Kier molecular flexibility index (Phi) is 7.95. The van der Waals surface area contributed by atoms with Crippen molar-refractivity contribution < 1.29 is 28.5 Å². The SMILES string of the molecule is CCOC(=O)c1cc(-c2cc(C)c(C(=O)OCC)s2)cc(COC2CCCCO2)n1. The molecule has 7 nitrogen and oxygen atoms in total. The van der Waals surface area contributed by atoms with Gasteiger partial charge in [-0.25, -0.2) is 14.6 Å². The number of esters is 2. The molecule has 1 aliphatic rings. The second-order valence-electron chi connectivity index (χ2n) is 6.90. The van der Waals surface area contributed by atoms with Gasteiger partial charge in [-0.3, -0.25) is 0 Å². The molecule has 1 unspecified atom stereocenters. The smallest absolute Gasteiger partial charge is 0.356 e. The second kappa shape index (κ2) is 10.7. The summed E-state index contributed by atoms with van der Waals surface area (Å²) in [6.07, 6.45) is 2.70. The monoisotopic (exact) mass is 433 g/mol. The van der Waals surface area contributed by atoms with Gasteiger partial charge in [0.1, 0.15) is 10.6 Å². The van der Waals surface area contributed by atoms with Crippen molar-refractivity contribution in [3.05, 3.63) is 40.0 Å². The summed E-state index contributed by atoms with van der Waals surface area (Å²) in [4.78, 5) is 30.3. The van der Waals surface area contributed by atoms with E-state index in [9.17, 15) is 9.59 Å². The molecule has 0 bridgehead atoms. The van der Waals surface area contributed by atoms with Crippen molar-refractivity contribution in [2.24, 2.45) is 0 Å². The number of ether oxygens (including phenoxy) is 4. The van der Waals surface area contributed by atoms with Gasteiger partial charge in [-0.2, -0.15) is 0 Å². The number of hydrogen-bond acceptors (Lipinski definition) is 8. The van der Waals surface area contributed by atoms with Crippen LogP contribution in [-0.2, 0) is 25.6 Å². The Hall–Kier alpha value is -2.29. The molecule has 1 atom stereocenters. The fourth-order valence-electron chi connectivity index (χ4n) is 3.16. The van der Waals surface area contributed by atoms with Gasteiger partial charge in [-0.05, 0) is 69.4 Å². The number of hydrogen-bond donors (Lipinski definition) is 0. The first-order valence-electron chi connectivity index (χ1n) is 10.2. The van der Waals surface area contributed by atoms with Crippen LogP contribution in [-0.4, -0.2) is 43.0 Å². The Bertz CT molecular complexity index is 888. The number of aromatic nitrogens is 1. The van der Waals surface area contributed by atoms with E-state index in [2.05, 4.69) is 4.98 Å². The number of aryl methyl sites for hydroxylation is 1. The number of pyridine rings is 1. The number of carbonyl (C=O) groups excluding carboxylic acids is 2. The highest BCUT2D eigenvalue weighted by molar-refractivity contribution is 7.17. The normalized spacial score (nSPS) is 16.3. The van der Waals surface area contributed by atoms with Crippen molar-refractivity contribution >= 4 is 23.3 Å². The van der Waals surface area contributed by atoms with E-state index in [0.717, 1.165) is 35.3 Å². The van der Waals surface area contributed by atoms with Crippen LogP contribution in [0, 0.1) is 6.92 Å². The maximum atomic E-state index is 12.3. The van der Waals surface area contributed by atoms with Crippen LogP contribution in [0.2, 0.25) is 0 Å². The van der Waals surface area contributed by atoms with Gasteiger partial charge < -0.3 is 18.9 Å². The zero-order chi connectivity index (χ0) is 21.5. The van der Waals surface area contributed by atoms with Gasteiger partial charge in [0.15, 0.2) is 6.29 Å². The van der Waals surface area contributed by atoms with Gasteiger partial charge in [-0.1, -0.05) is 0 Å². The highest BCUT2D eigenvalue weighted by Gasteiger charge is 2.19. The van der Waals surface area contributed by atoms with Crippen LogP contribution >= 0.6 is 11.3 Å². The Morgan fingerprint density at radius 2 is 1.90 bits per heavy atom. The molecule has 1 saturated heterocycles. The van der Waals surface area contributed by atoms with Crippen LogP contribution in [0.25, 0.3) is 10.4 Å². The summed E-state index contributed by atoms with van der Waals surface area (Å²) in [5.74, 6) is -0.836. The number of thiophene rings is 1. The van der Waals surface area contributed by atoms with Crippen LogP contribution in [0.5, 0.6) is 0 Å². The van der Waals surface area contributed by atoms with Crippen molar-refractivity contribution in [1.82, 2.24) is 4.98 Å². The minimum atomic E-state index is -0.492. The number of nitrogens with zero attached hydrogens (tertiary/aromatic N) is 1. The van der Waals surface area contributed by atoms with Crippen molar-refractivity contribution in [3.63, 3.8) is 0 Å². The topological polar surface area (TPSA) is 84.0 Å². The van der Waals surface area contributed by atoms with Gasteiger partial charge >= 0.3 is 11.9 Å². The zero-order valence-corrected chi connectivity index (χ0v) is 18.4. The number of carbonyl (C=O) groups is 2. The molecule has 0 aliphatic carbocycles. The van der Waals surface area contributed by atoms with Crippen LogP contribution in [0.3, 0.4) is 0 Å². The van der Waals surface area contributed by atoms with E-state index >= 15 is 0 Å². The van der Waals surface area contributed by atoms with Gasteiger partial charge in [0.05, 0.1) is 25.5 Å². The Labute approximate surface area is 180 Å². The summed E-state index contributed by atoms with van der Waals surface area (Å²) < 4.78 is 21.7. The van der Waals surface area contributed by atoms with Gasteiger partial charge in [-0.15, -0.1) is 11.3 Å². The molecule has 0 amide bonds. The molecule has 0 N–H and O–H groups in total. The van der Waals surface area contributed by atoms with Gasteiger partial charge in [0.25, 0.3) is 0 Å². The largest absolute Gasteiger partial charge is 0.462 e. The van der Waals surface area contributed by atoms with Gasteiger partial charge in [0, 0.05) is 11.5 Å². The molecule has 2 aromatic rings. The van der Waals surface area contributed by atoms with Crippen molar-refractivity contribution in [3.8, 4) is 10.4 Å². The molecule has 162 valence electrons. The van der Waals surface area contributed by atoms with E-state index in [1.165, 1.54) is 11.3 Å². The molecule has 0 radical (unpaired) electrons. The van der Waals surface area contributed by atoms with E-state index in [1.54, 1.807) is 19.9 Å². The predicted octanol–water partition coefficient (Wildman–Crippen LogP) is 4.52. The van der Waals surface area contributed by atoms with Crippen molar-refractivity contribution in [2.75, 3.05) is 19.8 Å².